The van der Waals surface area contributed by atoms with E-state index in [4.69, 9.17) is 39.5 Å². The van der Waals surface area contributed by atoms with Crippen molar-refractivity contribution in [2.24, 2.45) is 0 Å². The van der Waals surface area contributed by atoms with Crippen LogP contribution >= 0.6 is 46.6 Å². The van der Waals surface area contributed by atoms with Crippen molar-refractivity contribution in [3.63, 3.8) is 0 Å². The van der Waals surface area contributed by atoms with Crippen LogP contribution in [0, 0.1) is 0 Å². The maximum atomic E-state index is 14.2. The molecule has 8 nitrogen and oxygen atoms in total. The van der Waals surface area contributed by atoms with Gasteiger partial charge in [0.2, 0.25) is 0 Å². The number of H-pyrrole nitrogens is 1. The summed E-state index contributed by atoms with van der Waals surface area (Å²) in [7, 11) is 1.58. The van der Waals surface area contributed by atoms with E-state index in [9.17, 15) is 23.2 Å². The average Bonchev–Trinajstić information content (AvgIpc) is 3.75. The number of urea groups is 1. The number of aromatic amines is 1. The van der Waals surface area contributed by atoms with Crippen LogP contribution in [0.2, 0.25) is 10.0 Å². The van der Waals surface area contributed by atoms with Crippen LogP contribution in [0.5, 0.6) is 5.75 Å². The van der Waals surface area contributed by atoms with Gasteiger partial charge in [-0.3, -0.25) is 14.5 Å². The summed E-state index contributed by atoms with van der Waals surface area (Å²) in [6.07, 6.45) is 2.70. The predicted octanol–water partition coefficient (Wildman–Crippen LogP) is 7.82. The zero-order chi connectivity index (χ0) is 32.2. The van der Waals surface area contributed by atoms with Gasteiger partial charge in [-0.15, -0.1) is 0 Å². The highest BCUT2D eigenvalue weighted by atomic mass is 35.5. The molecule has 2 fully saturated rings. The van der Waals surface area contributed by atoms with Crippen molar-refractivity contribution in [2.75, 3.05) is 31.6 Å². The van der Waals surface area contributed by atoms with Gasteiger partial charge >= 0.3 is 11.4 Å². The van der Waals surface area contributed by atoms with Gasteiger partial charge in [-0.2, -0.15) is 8.78 Å². The fourth-order valence-electron chi connectivity index (χ4n) is 6.03. The summed E-state index contributed by atoms with van der Waals surface area (Å²) in [4.78, 5) is 48.2. The van der Waals surface area contributed by atoms with Crippen LogP contribution in [-0.2, 0) is 18.5 Å². The van der Waals surface area contributed by atoms with Crippen LogP contribution in [0.1, 0.15) is 64.8 Å². The second-order valence-electron chi connectivity index (χ2n) is 11.2. The number of alkyl halides is 3. The SMILES string of the molecule is CCN1CCCN(c2cc3c(c(C4CC4)c2OC)CN(C(=O)c2c(Sc4c(Cl)cccc4Cl)cc(C(F)(F)Cl)[nH]c2=O)C3)C1=O. The summed E-state index contributed by atoms with van der Waals surface area (Å²) in [5.74, 6) is 0.178. The number of hydrogen-bond acceptors (Lipinski definition) is 5. The topological polar surface area (TPSA) is 85.9 Å². The number of halogens is 5. The Morgan fingerprint density at radius 3 is 2.47 bits per heavy atom. The van der Waals surface area contributed by atoms with E-state index in [-0.39, 0.29) is 45.5 Å². The van der Waals surface area contributed by atoms with Gasteiger partial charge in [-0.05, 0) is 79.1 Å². The number of anilines is 1. The smallest absolute Gasteiger partial charge is 0.362 e. The van der Waals surface area contributed by atoms with Crippen LogP contribution in [0.15, 0.2) is 44.9 Å². The fourth-order valence-corrected chi connectivity index (χ4v) is 7.77. The molecule has 3 amide bonds. The third kappa shape index (κ3) is 6.00. The maximum Gasteiger partial charge on any atom is 0.362 e. The lowest BCUT2D eigenvalue weighted by atomic mass is 9.96. The molecule has 3 aliphatic rings. The van der Waals surface area contributed by atoms with Gasteiger partial charge in [-0.25, -0.2) is 4.79 Å². The number of amides is 3. The van der Waals surface area contributed by atoms with Gasteiger partial charge in [0.05, 0.1) is 22.8 Å². The van der Waals surface area contributed by atoms with Crippen molar-refractivity contribution in [1.29, 1.82) is 0 Å². The van der Waals surface area contributed by atoms with E-state index >= 15 is 0 Å². The standard InChI is InChI=1S/C31H29Cl3F2N4O4S/c1-3-38-10-5-11-40(30(38)43)21-12-17-14-39(15-18(17)24(16-8-9-16)26(21)44-2)29(42)25-22(13-23(31(34,35)36)37-28(25)41)45-27-19(32)6-4-7-20(27)33/h4,6-7,12-13,16H,3,5,8-11,14-15H2,1-2H3,(H,37,41). The van der Waals surface area contributed by atoms with Crippen LogP contribution in [0.4, 0.5) is 19.3 Å². The van der Waals surface area contributed by atoms with E-state index in [1.54, 1.807) is 35.1 Å². The first-order valence-corrected chi connectivity index (χ1v) is 16.4. The normalized spacial score (nSPS) is 16.8. The molecule has 3 aromatic rings. The molecule has 1 saturated carbocycles. The van der Waals surface area contributed by atoms with Crippen molar-refractivity contribution < 1.29 is 23.1 Å². The van der Waals surface area contributed by atoms with Crippen molar-refractivity contribution in [1.82, 2.24) is 14.8 Å². The summed E-state index contributed by atoms with van der Waals surface area (Å²) in [5.41, 5.74) is 1.16. The molecule has 3 heterocycles. The van der Waals surface area contributed by atoms with E-state index in [1.165, 1.54) is 4.90 Å². The predicted molar refractivity (Wildman–Crippen MR) is 171 cm³/mol. The summed E-state index contributed by atoms with van der Waals surface area (Å²) in [5, 5.41) is -3.45. The molecule has 45 heavy (non-hydrogen) atoms. The highest BCUT2D eigenvalue weighted by molar-refractivity contribution is 7.99. The zero-order valence-corrected chi connectivity index (χ0v) is 27.5. The largest absolute Gasteiger partial charge is 0.494 e. The van der Waals surface area contributed by atoms with Crippen LogP contribution < -0.4 is 15.2 Å². The van der Waals surface area contributed by atoms with Crippen molar-refractivity contribution in [3.8, 4) is 5.75 Å². The Labute approximate surface area is 277 Å². The number of carbonyl (C=O) groups is 2. The first kappa shape index (κ1) is 32.0. The quantitative estimate of drug-likeness (QED) is 0.243. The lowest BCUT2D eigenvalue weighted by molar-refractivity contribution is 0.0740. The van der Waals surface area contributed by atoms with E-state index in [0.29, 0.717) is 36.0 Å². The molecule has 1 saturated heterocycles. The van der Waals surface area contributed by atoms with E-state index in [1.807, 2.05) is 13.0 Å². The van der Waals surface area contributed by atoms with Gasteiger partial charge in [0.1, 0.15) is 17.0 Å². The molecule has 2 aliphatic heterocycles. The number of nitrogens with one attached hydrogen (secondary N) is 1. The lowest BCUT2D eigenvalue weighted by Crippen LogP contribution is -2.49. The monoisotopic (exact) mass is 696 g/mol. The number of rotatable bonds is 8. The molecule has 0 radical (unpaired) electrons. The molecular formula is C31H29Cl3F2N4O4S. The molecule has 0 unspecified atom stereocenters. The Hall–Kier alpha value is -2.99. The number of ether oxygens (including phenoxy) is 1. The number of fused-ring (bicyclic) bond motifs is 1. The minimum absolute atomic E-state index is 0.0655. The third-order valence-electron chi connectivity index (χ3n) is 8.32. The Morgan fingerprint density at radius 2 is 1.84 bits per heavy atom. The molecule has 6 rings (SSSR count). The fraction of sp³-hybridized carbons (Fsp3) is 0.387. The molecule has 2 aromatic carbocycles. The van der Waals surface area contributed by atoms with Crippen LogP contribution in [0.25, 0.3) is 0 Å². The van der Waals surface area contributed by atoms with Gasteiger partial charge in [0.15, 0.2) is 0 Å². The first-order chi connectivity index (χ1) is 21.4. The Bertz CT molecular complexity index is 1740. The number of benzene rings is 2. The van der Waals surface area contributed by atoms with Crippen molar-refractivity contribution >= 4 is 64.2 Å². The molecule has 0 atom stereocenters. The third-order valence-corrected chi connectivity index (χ3v) is 10.6. The Balaban J connectivity index is 1.41. The number of nitrogens with zero attached hydrogens (tertiary/aromatic N) is 3. The summed E-state index contributed by atoms with van der Waals surface area (Å²) in [6.45, 7) is 4.07. The summed E-state index contributed by atoms with van der Waals surface area (Å²) >= 11 is 18.8. The molecule has 14 heteroatoms. The van der Waals surface area contributed by atoms with Crippen molar-refractivity contribution in [2.45, 2.75) is 60.4 Å². The van der Waals surface area contributed by atoms with Gasteiger partial charge < -0.3 is 19.5 Å². The lowest BCUT2D eigenvalue weighted by Gasteiger charge is -2.36. The minimum atomic E-state index is -3.89. The van der Waals surface area contributed by atoms with E-state index in [2.05, 4.69) is 4.98 Å². The highest BCUT2D eigenvalue weighted by Crippen LogP contribution is 2.52. The van der Waals surface area contributed by atoms with Gasteiger partial charge in [-0.1, -0.05) is 41.0 Å². The molecule has 238 valence electrons. The van der Waals surface area contributed by atoms with Crippen LogP contribution in [0.3, 0.4) is 0 Å². The molecule has 1 N–H and O–H groups in total. The zero-order valence-electron chi connectivity index (χ0n) is 24.4. The molecule has 0 spiro atoms. The second-order valence-corrected chi connectivity index (χ2v) is 13.5. The molecular weight excluding hydrogens is 669 g/mol. The minimum Gasteiger partial charge on any atom is -0.494 e. The van der Waals surface area contributed by atoms with E-state index < -0.39 is 22.5 Å². The van der Waals surface area contributed by atoms with Crippen molar-refractivity contribution in [3.05, 3.63) is 78.7 Å². The molecule has 1 aromatic heterocycles. The van der Waals surface area contributed by atoms with E-state index in [0.717, 1.165) is 53.8 Å². The highest BCUT2D eigenvalue weighted by Gasteiger charge is 2.40. The number of pyridine rings is 1. The van der Waals surface area contributed by atoms with Gasteiger partial charge in [0.25, 0.3) is 11.5 Å². The Kier molecular flexibility index (Phi) is 8.75. The molecule has 1 aliphatic carbocycles. The number of aromatic nitrogens is 1. The second kappa shape index (κ2) is 12.3. The first-order valence-electron chi connectivity index (χ1n) is 14.5. The number of hydrogen-bond donors (Lipinski definition) is 1. The maximum absolute atomic E-state index is 14.2. The summed E-state index contributed by atoms with van der Waals surface area (Å²) < 4.78 is 34.3. The summed E-state index contributed by atoms with van der Waals surface area (Å²) in [6, 6.07) is 7.52. The number of methoxy groups -OCH3 is 1. The van der Waals surface area contributed by atoms with Crippen LogP contribution in [-0.4, -0.2) is 53.5 Å². The Morgan fingerprint density at radius 1 is 1.13 bits per heavy atom. The van der Waals surface area contributed by atoms with Gasteiger partial charge in [0, 0.05) is 48.1 Å². The average molecular weight is 698 g/mol. The number of carbonyl (C=O) groups excluding carboxylic acids is 2. The molecule has 0 bridgehead atoms.